The van der Waals surface area contributed by atoms with Gasteiger partial charge in [0.1, 0.15) is 6.61 Å². The second kappa shape index (κ2) is 8.78. The summed E-state index contributed by atoms with van der Waals surface area (Å²) in [4.78, 5) is 13.0. The van der Waals surface area contributed by atoms with Crippen LogP contribution in [0.1, 0.15) is 18.1 Å². The maximum absolute atomic E-state index is 12.5. The molecule has 0 N–H and O–H groups in total. The van der Waals surface area contributed by atoms with Crippen molar-refractivity contribution in [2.45, 2.75) is 31.4 Å². The number of hydrogen-bond acceptors (Lipinski definition) is 6. The first-order valence-corrected chi connectivity index (χ1v) is 10.2. The molecule has 0 aliphatic carbocycles. The maximum Gasteiger partial charge on any atom is 0.416 e. The van der Waals surface area contributed by atoms with E-state index < -0.39 is 17.7 Å². The van der Waals surface area contributed by atoms with Crippen molar-refractivity contribution in [3.8, 4) is 10.7 Å². The predicted molar refractivity (Wildman–Crippen MR) is 101 cm³/mol. The Labute approximate surface area is 167 Å². The number of aromatic nitrogens is 3. The smallest absolute Gasteiger partial charge is 0.416 e. The summed E-state index contributed by atoms with van der Waals surface area (Å²) in [6, 6.07) is 8.41. The number of halogens is 3. The van der Waals surface area contributed by atoms with Crippen LogP contribution in [-0.4, -0.2) is 26.5 Å². The number of alkyl halides is 3. The monoisotopic (exact) mass is 427 g/mol. The van der Waals surface area contributed by atoms with Crippen LogP contribution in [0.15, 0.2) is 46.9 Å². The lowest BCUT2D eigenvalue weighted by Gasteiger charge is -2.09. The van der Waals surface area contributed by atoms with E-state index in [2.05, 4.69) is 10.2 Å². The van der Waals surface area contributed by atoms with Crippen molar-refractivity contribution in [1.82, 2.24) is 14.8 Å². The molecule has 3 rings (SSSR count). The Morgan fingerprint density at radius 3 is 2.57 bits per heavy atom. The first-order chi connectivity index (χ1) is 13.4. The molecule has 3 aromatic rings. The summed E-state index contributed by atoms with van der Waals surface area (Å²) in [5.41, 5.74) is -0.248. The maximum atomic E-state index is 12.5. The number of benzene rings is 1. The third-order valence-electron chi connectivity index (χ3n) is 3.77. The summed E-state index contributed by atoms with van der Waals surface area (Å²) < 4.78 is 44.7. The fourth-order valence-corrected chi connectivity index (χ4v) is 3.91. The van der Waals surface area contributed by atoms with Gasteiger partial charge < -0.3 is 9.30 Å². The summed E-state index contributed by atoms with van der Waals surface area (Å²) in [6.45, 7) is 2.54. The number of hydrogen-bond donors (Lipinski definition) is 0. The molecule has 0 aliphatic heterocycles. The van der Waals surface area contributed by atoms with Gasteiger partial charge in [0.2, 0.25) is 0 Å². The number of carbonyl (C=O) groups excluding carboxylic acids is 1. The van der Waals surface area contributed by atoms with E-state index in [1.54, 1.807) is 11.3 Å². The minimum atomic E-state index is -4.39. The topological polar surface area (TPSA) is 57.0 Å². The average Bonchev–Trinajstić information content (AvgIpc) is 3.33. The van der Waals surface area contributed by atoms with Crippen molar-refractivity contribution in [2.24, 2.45) is 0 Å². The zero-order valence-corrected chi connectivity index (χ0v) is 16.4. The number of thiophene rings is 1. The molecule has 0 fully saturated rings. The Bertz CT molecular complexity index is 923. The molecular weight excluding hydrogens is 411 g/mol. The first-order valence-electron chi connectivity index (χ1n) is 8.30. The van der Waals surface area contributed by atoms with E-state index in [1.807, 2.05) is 29.0 Å². The summed E-state index contributed by atoms with van der Waals surface area (Å²) in [5.74, 6) is 0.301. The van der Waals surface area contributed by atoms with Crippen molar-refractivity contribution >= 4 is 29.1 Å². The number of nitrogens with zero attached hydrogens (tertiary/aromatic N) is 3. The highest BCUT2D eigenvalue weighted by Crippen LogP contribution is 2.29. The van der Waals surface area contributed by atoms with E-state index in [0.29, 0.717) is 17.3 Å². The Hall–Kier alpha value is -2.33. The number of rotatable bonds is 7. The van der Waals surface area contributed by atoms with E-state index in [0.717, 1.165) is 22.8 Å². The molecule has 0 unspecified atom stereocenters. The van der Waals surface area contributed by atoms with Crippen LogP contribution in [-0.2, 0) is 28.9 Å². The molecule has 0 radical (unpaired) electrons. The van der Waals surface area contributed by atoms with Gasteiger partial charge in [-0.1, -0.05) is 30.0 Å². The van der Waals surface area contributed by atoms with Gasteiger partial charge in [-0.05, 0) is 36.1 Å². The highest BCUT2D eigenvalue weighted by Gasteiger charge is 2.29. The SMILES string of the molecule is CCn1c(SCC(=O)OCc2ccc(C(F)(F)F)cc2)nnc1-c1cccs1. The number of thioether (sulfide) groups is 1. The largest absolute Gasteiger partial charge is 0.460 e. The molecule has 148 valence electrons. The van der Waals surface area contributed by atoms with Gasteiger partial charge in [-0.3, -0.25) is 4.79 Å². The van der Waals surface area contributed by atoms with Gasteiger partial charge >= 0.3 is 12.1 Å². The van der Waals surface area contributed by atoms with Crippen LogP contribution in [0.25, 0.3) is 10.7 Å². The van der Waals surface area contributed by atoms with Crippen LogP contribution in [0.3, 0.4) is 0 Å². The average molecular weight is 427 g/mol. The van der Waals surface area contributed by atoms with Crippen molar-refractivity contribution in [2.75, 3.05) is 5.75 Å². The second-order valence-electron chi connectivity index (χ2n) is 5.67. The third kappa shape index (κ3) is 4.93. The standard InChI is InChI=1S/C18H16F3N3O2S2/c1-2-24-16(14-4-3-9-27-14)22-23-17(24)28-11-15(25)26-10-12-5-7-13(8-6-12)18(19,20)21/h3-9H,2,10-11H2,1H3. The van der Waals surface area contributed by atoms with Crippen molar-refractivity contribution in [1.29, 1.82) is 0 Å². The van der Waals surface area contributed by atoms with Crippen LogP contribution in [0, 0.1) is 0 Å². The molecule has 0 aliphatic rings. The molecule has 1 aromatic carbocycles. The quantitative estimate of drug-likeness (QED) is 0.397. The van der Waals surface area contributed by atoms with Crippen LogP contribution in [0.4, 0.5) is 13.2 Å². The number of esters is 1. The minimum absolute atomic E-state index is 0.0310. The van der Waals surface area contributed by atoms with Crippen molar-refractivity contribution in [3.63, 3.8) is 0 Å². The van der Waals surface area contributed by atoms with E-state index >= 15 is 0 Å². The van der Waals surface area contributed by atoms with Gasteiger partial charge in [0.25, 0.3) is 0 Å². The van der Waals surface area contributed by atoms with E-state index in [1.165, 1.54) is 23.9 Å². The molecule has 28 heavy (non-hydrogen) atoms. The van der Waals surface area contributed by atoms with Gasteiger partial charge in [0.05, 0.1) is 16.2 Å². The molecule has 0 saturated carbocycles. The fraction of sp³-hybridized carbons (Fsp3) is 0.278. The van der Waals surface area contributed by atoms with Gasteiger partial charge in [0.15, 0.2) is 11.0 Å². The van der Waals surface area contributed by atoms with Crippen LogP contribution in [0.2, 0.25) is 0 Å². The summed E-state index contributed by atoms with van der Waals surface area (Å²) in [5, 5.41) is 10.9. The Kier molecular flexibility index (Phi) is 6.40. The van der Waals surface area contributed by atoms with E-state index in [4.69, 9.17) is 4.74 Å². The number of carbonyl (C=O) groups is 1. The Morgan fingerprint density at radius 2 is 1.96 bits per heavy atom. The van der Waals surface area contributed by atoms with Crippen LogP contribution >= 0.6 is 23.1 Å². The third-order valence-corrected chi connectivity index (χ3v) is 5.58. The lowest BCUT2D eigenvalue weighted by molar-refractivity contribution is -0.142. The molecule has 0 spiro atoms. The van der Waals surface area contributed by atoms with E-state index in [9.17, 15) is 18.0 Å². The van der Waals surface area contributed by atoms with Crippen LogP contribution < -0.4 is 0 Å². The minimum Gasteiger partial charge on any atom is -0.460 e. The molecule has 0 amide bonds. The summed E-state index contributed by atoms with van der Waals surface area (Å²) >= 11 is 2.77. The molecule has 0 bridgehead atoms. The number of ether oxygens (including phenoxy) is 1. The highest BCUT2D eigenvalue weighted by molar-refractivity contribution is 7.99. The molecule has 2 heterocycles. The zero-order chi connectivity index (χ0) is 20.1. The van der Waals surface area contributed by atoms with Gasteiger partial charge in [-0.25, -0.2) is 0 Å². The lowest BCUT2D eigenvalue weighted by atomic mass is 10.1. The normalized spacial score (nSPS) is 11.6. The van der Waals surface area contributed by atoms with Crippen molar-refractivity contribution < 1.29 is 22.7 Å². The lowest BCUT2D eigenvalue weighted by Crippen LogP contribution is -2.09. The van der Waals surface area contributed by atoms with Gasteiger partial charge in [-0.2, -0.15) is 13.2 Å². The van der Waals surface area contributed by atoms with Gasteiger partial charge in [0, 0.05) is 6.54 Å². The van der Waals surface area contributed by atoms with E-state index in [-0.39, 0.29) is 12.4 Å². The first kappa shape index (κ1) is 20.4. The molecule has 5 nitrogen and oxygen atoms in total. The summed E-state index contributed by atoms with van der Waals surface area (Å²) in [6.07, 6.45) is -4.39. The molecule has 0 atom stereocenters. The highest BCUT2D eigenvalue weighted by atomic mass is 32.2. The fourth-order valence-electron chi connectivity index (χ4n) is 2.39. The van der Waals surface area contributed by atoms with Gasteiger partial charge in [-0.15, -0.1) is 21.5 Å². The summed E-state index contributed by atoms with van der Waals surface area (Å²) in [7, 11) is 0. The molecule has 0 saturated heterocycles. The molecular formula is C18H16F3N3O2S2. The predicted octanol–water partition coefficient (Wildman–Crippen LogP) is 4.88. The zero-order valence-electron chi connectivity index (χ0n) is 14.8. The Morgan fingerprint density at radius 1 is 1.21 bits per heavy atom. The Balaban J connectivity index is 1.54. The van der Waals surface area contributed by atoms with Crippen molar-refractivity contribution in [3.05, 3.63) is 52.9 Å². The molecule has 2 aromatic heterocycles. The molecule has 10 heteroatoms. The van der Waals surface area contributed by atoms with Crippen LogP contribution in [0.5, 0.6) is 0 Å². The second-order valence-corrected chi connectivity index (χ2v) is 7.56.